The van der Waals surface area contributed by atoms with Gasteiger partial charge in [-0.15, -0.1) is 0 Å². The first-order valence-electron chi connectivity index (χ1n) is 9.30. The van der Waals surface area contributed by atoms with Gasteiger partial charge in [0.1, 0.15) is 0 Å². The minimum Gasteiger partial charge on any atom is -0.748 e. The van der Waals surface area contributed by atoms with Crippen LogP contribution in [0.1, 0.15) is 64.7 Å². The van der Waals surface area contributed by atoms with Crippen LogP contribution >= 0.6 is 0 Å². The predicted molar refractivity (Wildman–Crippen MR) is 98.9 cm³/mol. The van der Waals surface area contributed by atoms with Crippen molar-refractivity contribution in [2.45, 2.75) is 64.7 Å². The van der Waals surface area contributed by atoms with Crippen molar-refractivity contribution in [3.8, 4) is 0 Å². The molecule has 0 radical (unpaired) electrons. The molecule has 0 spiro atoms. The Morgan fingerprint density at radius 2 is 1.56 bits per heavy atom. The number of rotatable bonds is 16. The van der Waals surface area contributed by atoms with Crippen LogP contribution in [0.15, 0.2) is 12.8 Å². The molecule has 0 saturated heterocycles. The van der Waals surface area contributed by atoms with E-state index in [2.05, 4.69) is 13.5 Å². The molecule has 0 aliphatic heterocycles. The van der Waals surface area contributed by atoms with E-state index in [0.717, 1.165) is 25.6 Å². The summed E-state index contributed by atoms with van der Waals surface area (Å²) in [5, 5.41) is 0. The molecular formula is C18H35NO5S. The van der Waals surface area contributed by atoms with Gasteiger partial charge in [0.05, 0.1) is 36.5 Å². The second-order valence-electron chi connectivity index (χ2n) is 6.97. The number of carbonyl (C=O) groups is 1. The molecule has 6 nitrogen and oxygen atoms in total. The topological polar surface area (TPSA) is 83.5 Å². The van der Waals surface area contributed by atoms with Crippen LogP contribution in [0.3, 0.4) is 0 Å². The fourth-order valence-corrected chi connectivity index (χ4v) is 3.44. The van der Waals surface area contributed by atoms with Crippen molar-refractivity contribution in [3.63, 3.8) is 0 Å². The van der Waals surface area contributed by atoms with Gasteiger partial charge < -0.3 is 13.8 Å². The van der Waals surface area contributed by atoms with Crippen LogP contribution in [-0.4, -0.2) is 55.9 Å². The third kappa shape index (κ3) is 15.1. The molecule has 148 valence electrons. The molecule has 0 fully saturated rings. The predicted octanol–water partition coefficient (Wildman–Crippen LogP) is 3.20. The minimum atomic E-state index is -4.22. The van der Waals surface area contributed by atoms with Crippen molar-refractivity contribution in [1.29, 1.82) is 0 Å². The molecule has 0 rings (SSSR count). The van der Waals surface area contributed by atoms with E-state index in [-0.39, 0.29) is 18.9 Å². The van der Waals surface area contributed by atoms with Gasteiger partial charge in [0.15, 0.2) is 6.54 Å². The molecule has 7 heteroatoms. The summed E-state index contributed by atoms with van der Waals surface area (Å²) >= 11 is 0. The van der Waals surface area contributed by atoms with Gasteiger partial charge in [0.2, 0.25) is 0 Å². The lowest BCUT2D eigenvalue weighted by molar-refractivity contribution is -0.902. The molecule has 0 aromatic rings. The van der Waals surface area contributed by atoms with Gasteiger partial charge in [-0.3, -0.25) is 0 Å². The van der Waals surface area contributed by atoms with Crippen molar-refractivity contribution in [1.82, 2.24) is 0 Å². The van der Waals surface area contributed by atoms with E-state index < -0.39 is 15.9 Å². The van der Waals surface area contributed by atoms with E-state index in [1.165, 1.54) is 38.5 Å². The largest absolute Gasteiger partial charge is 0.748 e. The summed E-state index contributed by atoms with van der Waals surface area (Å²) in [5.74, 6) is -0.781. The average molecular weight is 378 g/mol. The highest BCUT2D eigenvalue weighted by atomic mass is 32.2. The molecule has 25 heavy (non-hydrogen) atoms. The molecule has 1 unspecified atom stereocenters. The monoisotopic (exact) mass is 377 g/mol. The first-order chi connectivity index (χ1) is 11.7. The highest BCUT2D eigenvalue weighted by Crippen LogP contribution is 2.13. The molecule has 0 aliphatic carbocycles. The zero-order valence-corrected chi connectivity index (χ0v) is 16.7. The first-order valence-corrected chi connectivity index (χ1v) is 10.9. The maximum Gasteiger partial charge on any atom is 0.366 e. The van der Waals surface area contributed by atoms with Crippen molar-refractivity contribution in [3.05, 3.63) is 12.8 Å². The van der Waals surface area contributed by atoms with E-state index in [9.17, 15) is 17.8 Å². The average Bonchev–Trinajstić information content (AvgIpc) is 2.48. The zero-order chi connectivity index (χ0) is 19.2. The molecule has 0 saturated carbocycles. The quantitative estimate of drug-likeness (QED) is 0.136. The minimum absolute atomic E-state index is 0.154. The lowest BCUT2D eigenvalue weighted by Gasteiger charge is -2.33. The lowest BCUT2D eigenvalue weighted by atomic mass is 10.1. The molecule has 0 amide bonds. The summed E-state index contributed by atoms with van der Waals surface area (Å²) in [7, 11) is -2.31. The number of nitrogens with zero attached hydrogens (tertiary/aromatic N) is 1. The van der Waals surface area contributed by atoms with Crippen molar-refractivity contribution < 1.29 is 27.0 Å². The number of carbonyl (C=O) groups excluding carboxylic acids is 1. The van der Waals surface area contributed by atoms with Crippen LogP contribution in [0.4, 0.5) is 0 Å². The van der Waals surface area contributed by atoms with Gasteiger partial charge in [-0.2, -0.15) is 0 Å². The second-order valence-corrected chi connectivity index (χ2v) is 8.50. The van der Waals surface area contributed by atoms with Gasteiger partial charge in [0, 0.05) is 12.2 Å². The summed E-state index contributed by atoms with van der Waals surface area (Å²) in [4.78, 5) is 11.8. The van der Waals surface area contributed by atoms with Gasteiger partial charge in [-0.1, -0.05) is 52.0 Å². The Morgan fingerprint density at radius 3 is 2.08 bits per heavy atom. The molecule has 0 aliphatic rings. The highest BCUT2D eigenvalue weighted by molar-refractivity contribution is 7.85. The van der Waals surface area contributed by atoms with E-state index in [1.807, 2.05) is 7.05 Å². The summed E-state index contributed by atoms with van der Waals surface area (Å²) < 4.78 is 37.5. The van der Waals surface area contributed by atoms with Gasteiger partial charge >= 0.3 is 5.97 Å². The Bertz CT molecular complexity index is 478. The number of unbranched alkanes of at least 4 members (excludes halogenated alkanes) is 7. The summed E-state index contributed by atoms with van der Waals surface area (Å²) in [6.07, 6.45) is 10.9. The standard InChI is InChI=1S/C18H35NO5S/c1-4-6-7-8-9-10-11-12-14-19(3,17-18(20)24-5-2)15-13-16-25(21,22)23/h5H,2,4,6-17H2,1,3H3. The summed E-state index contributed by atoms with van der Waals surface area (Å²) in [5.41, 5.74) is 0. The number of hydrogen-bond acceptors (Lipinski definition) is 5. The zero-order valence-electron chi connectivity index (χ0n) is 15.9. The van der Waals surface area contributed by atoms with E-state index in [0.29, 0.717) is 11.0 Å². The lowest BCUT2D eigenvalue weighted by Crippen LogP contribution is -2.49. The maximum atomic E-state index is 11.8. The Kier molecular flexibility index (Phi) is 12.8. The third-order valence-electron chi connectivity index (χ3n) is 4.37. The van der Waals surface area contributed by atoms with E-state index in [1.54, 1.807) is 0 Å². The molecular weight excluding hydrogens is 342 g/mol. The maximum absolute atomic E-state index is 11.8. The highest BCUT2D eigenvalue weighted by Gasteiger charge is 2.25. The molecule has 0 aromatic heterocycles. The van der Waals surface area contributed by atoms with Crippen molar-refractivity contribution >= 4 is 16.1 Å². The molecule has 1 atom stereocenters. The van der Waals surface area contributed by atoms with Crippen LogP contribution in [0.5, 0.6) is 0 Å². The summed E-state index contributed by atoms with van der Waals surface area (Å²) in [6, 6.07) is 0. The van der Waals surface area contributed by atoms with Crippen LogP contribution < -0.4 is 0 Å². The summed E-state index contributed by atoms with van der Waals surface area (Å²) in [6.45, 7) is 6.95. The first kappa shape index (κ1) is 24.1. The van der Waals surface area contributed by atoms with Gasteiger partial charge in [-0.05, 0) is 12.8 Å². The Morgan fingerprint density at radius 1 is 1.04 bits per heavy atom. The van der Waals surface area contributed by atoms with Crippen LogP contribution in [0.25, 0.3) is 0 Å². The Labute approximate surface area is 153 Å². The van der Waals surface area contributed by atoms with E-state index in [4.69, 9.17) is 4.74 Å². The van der Waals surface area contributed by atoms with Gasteiger partial charge in [-0.25, -0.2) is 13.2 Å². The second kappa shape index (κ2) is 13.3. The molecule has 0 bridgehead atoms. The smallest absolute Gasteiger partial charge is 0.366 e. The Balaban J connectivity index is 4.28. The van der Waals surface area contributed by atoms with Crippen molar-refractivity contribution in [2.24, 2.45) is 0 Å². The number of ether oxygens (including phenoxy) is 1. The SMILES string of the molecule is C=COC(=O)C[N+](C)(CCCCCCCCCC)CCCS(=O)(=O)[O-]. The Hall–Kier alpha value is -0.920. The number of likely N-dealkylation sites (N-methyl/N-ethyl adjacent to an activating group) is 1. The number of quaternary nitrogens is 1. The number of hydrogen-bond donors (Lipinski definition) is 0. The normalized spacial score (nSPS) is 14.0. The fourth-order valence-electron chi connectivity index (χ4n) is 2.96. The van der Waals surface area contributed by atoms with Crippen molar-refractivity contribution in [2.75, 3.05) is 32.4 Å². The van der Waals surface area contributed by atoms with Crippen LogP contribution in [0, 0.1) is 0 Å². The van der Waals surface area contributed by atoms with E-state index >= 15 is 0 Å². The van der Waals surface area contributed by atoms with Gasteiger partial charge in [0.25, 0.3) is 0 Å². The molecule has 0 aromatic carbocycles. The molecule has 0 heterocycles. The fraction of sp³-hybridized carbons (Fsp3) is 0.833. The van der Waals surface area contributed by atoms with Crippen LogP contribution in [-0.2, 0) is 19.6 Å². The number of esters is 1. The van der Waals surface area contributed by atoms with Crippen LogP contribution in [0.2, 0.25) is 0 Å². The third-order valence-corrected chi connectivity index (χ3v) is 5.16. The molecule has 0 N–H and O–H groups in total.